The summed E-state index contributed by atoms with van der Waals surface area (Å²) < 4.78 is 5.01. The average Bonchev–Trinajstić information content (AvgIpc) is 2.45. The number of likely N-dealkylation sites (tertiary alicyclic amines) is 1. The van der Waals surface area contributed by atoms with Crippen molar-refractivity contribution in [1.82, 2.24) is 4.90 Å². The van der Waals surface area contributed by atoms with Gasteiger partial charge in [-0.1, -0.05) is 20.8 Å². The van der Waals surface area contributed by atoms with E-state index in [1.807, 2.05) is 6.92 Å². The number of nitrogens with zero attached hydrogens (tertiary/aromatic N) is 1. The molecule has 5 heteroatoms. The van der Waals surface area contributed by atoms with Gasteiger partial charge in [0, 0.05) is 12.0 Å². The maximum absolute atomic E-state index is 12.4. The van der Waals surface area contributed by atoms with Crippen LogP contribution < -0.4 is 0 Å². The maximum atomic E-state index is 12.4. The lowest BCUT2D eigenvalue weighted by molar-refractivity contribution is -0.160. The fourth-order valence-corrected chi connectivity index (χ4v) is 2.24. The molecule has 1 amide bonds. The van der Waals surface area contributed by atoms with E-state index in [1.165, 1.54) is 4.90 Å². The number of carbonyl (C=O) groups excluding carboxylic acids is 3. The minimum atomic E-state index is -0.687. The van der Waals surface area contributed by atoms with Gasteiger partial charge in [-0.15, -0.1) is 0 Å². The molecule has 0 aliphatic carbocycles. The zero-order chi connectivity index (χ0) is 15.3. The summed E-state index contributed by atoms with van der Waals surface area (Å²) in [6, 6.07) is -0.604. The first-order valence-corrected chi connectivity index (χ1v) is 7.37. The molecule has 0 aromatic carbocycles. The highest BCUT2D eigenvalue weighted by atomic mass is 16.5. The zero-order valence-corrected chi connectivity index (χ0v) is 12.9. The third-order valence-electron chi connectivity index (χ3n) is 4.02. The minimum Gasteiger partial charge on any atom is -0.464 e. The molecule has 1 fully saturated rings. The van der Waals surface area contributed by atoms with Gasteiger partial charge in [0.05, 0.1) is 6.61 Å². The van der Waals surface area contributed by atoms with Gasteiger partial charge in [0.1, 0.15) is 6.04 Å². The van der Waals surface area contributed by atoms with E-state index in [4.69, 9.17) is 4.74 Å². The molecule has 0 saturated carbocycles. The van der Waals surface area contributed by atoms with Gasteiger partial charge in [-0.2, -0.15) is 0 Å². The number of hydrogen-bond acceptors (Lipinski definition) is 4. The number of ether oxygens (including phenoxy) is 1. The van der Waals surface area contributed by atoms with Crippen LogP contribution in [0.4, 0.5) is 0 Å². The van der Waals surface area contributed by atoms with Crippen LogP contribution in [0.2, 0.25) is 0 Å². The van der Waals surface area contributed by atoms with E-state index in [-0.39, 0.29) is 6.61 Å². The molecule has 0 bridgehead atoms. The molecule has 1 atom stereocenters. The Balaban J connectivity index is 2.87. The lowest BCUT2D eigenvalue weighted by atomic mass is 9.84. The maximum Gasteiger partial charge on any atom is 0.328 e. The molecule has 1 saturated heterocycles. The summed E-state index contributed by atoms with van der Waals surface area (Å²) in [5.41, 5.74) is -0.687. The first-order chi connectivity index (χ1) is 9.35. The van der Waals surface area contributed by atoms with Crippen molar-refractivity contribution in [3.05, 3.63) is 0 Å². The highest BCUT2D eigenvalue weighted by Crippen LogP contribution is 2.25. The van der Waals surface area contributed by atoms with Gasteiger partial charge >= 0.3 is 5.97 Å². The highest BCUT2D eigenvalue weighted by molar-refractivity contribution is 6.38. The van der Waals surface area contributed by atoms with Gasteiger partial charge in [-0.25, -0.2) is 4.79 Å². The van der Waals surface area contributed by atoms with Gasteiger partial charge in [0.15, 0.2) is 0 Å². The number of rotatable bonds is 5. The van der Waals surface area contributed by atoms with Crippen molar-refractivity contribution in [2.24, 2.45) is 5.41 Å². The van der Waals surface area contributed by atoms with Crippen LogP contribution in [0, 0.1) is 5.41 Å². The Kier molecular flexibility index (Phi) is 5.72. The number of ketones is 1. The second-order valence-electron chi connectivity index (χ2n) is 5.83. The molecular formula is C15H25NO4. The van der Waals surface area contributed by atoms with Crippen molar-refractivity contribution in [2.45, 2.75) is 59.4 Å². The van der Waals surface area contributed by atoms with E-state index in [2.05, 4.69) is 0 Å². The molecule has 0 aromatic heterocycles. The van der Waals surface area contributed by atoms with Crippen molar-refractivity contribution in [2.75, 3.05) is 13.2 Å². The molecule has 5 nitrogen and oxygen atoms in total. The van der Waals surface area contributed by atoms with E-state index in [9.17, 15) is 14.4 Å². The zero-order valence-electron chi connectivity index (χ0n) is 12.9. The summed E-state index contributed by atoms with van der Waals surface area (Å²) in [4.78, 5) is 38.0. The Hall–Kier alpha value is -1.39. The predicted octanol–water partition coefficient (Wildman–Crippen LogP) is 1.94. The number of carbonyl (C=O) groups is 3. The third-order valence-corrected chi connectivity index (χ3v) is 4.02. The topological polar surface area (TPSA) is 63.7 Å². The monoisotopic (exact) mass is 283 g/mol. The van der Waals surface area contributed by atoms with Gasteiger partial charge in [0.25, 0.3) is 5.91 Å². The Labute approximate surface area is 120 Å². The molecular weight excluding hydrogens is 258 g/mol. The smallest absolute Gasteiger partial charge is 0.328 e. The summed E-state index contributed by atoms with van der Waals surface area (Å²) in [5.74, 6) is -1.37. The van der Waals surface area contributed by atoms with Crippen LogP contribution in [0.5, 0.6) is 0 Å². The van der Waals surface area contributed by atoms with Gasteiger partial charge < -0.3 is 9.64 Å². The first kappa shape index (κ1) is 16.7. The minimum absolute atomic E-state index is 0.283. The highest BCUT2D eigenvalue weighted by Gasteiger charge is 2.40. The molecule has 1 aliphatic heterocycles. The number of piperidine rings is 1. The first-order valence-electron chi connectivity index (χ1n) is 7.37. The van der Waals surface area contributed by atoms with Crippen LogP contribution in [-0.2, 0) is 19.1 Å². The summed E-state index contributed by atoms with van der Waals surface area (Å²) in [6.45, 7) is 7.87. The molecule has 20 heavy (non-hydrogen) atoms. The Morgan fingerprint density at radius 3 is 2.40 bits per heavy atom. The summed E-state index contributed by atoms with van der Waals surface area (Å²) in [6.07, 6.45) is 2.86. The van der Waals surface area contributed by atoms with Crippen molar-refractivity contribution in [3.8, 4) is 0 Å². The van der Waals surface area contributed by atoms with Crippen LogP contribution in [0.25, 0.3) is 0 Å². The van der Waals surface area contributed by atoms with Crippen LogP contribution in [0.1, 0.15) is 53.4 Å². The molecule has 1 rings (SSSR count). The van der Waals surface area contributed by atoms with Gasteiger partial charge in [-0.05, 0) is 32.6 Å². The lowest BCUT2D eigenvalue weighted by Crippen LogP contribution is -2.53. The van der Waals surface area contributed by atoms with Crippen molar-refractivity contribution in [3.63, 3.8) is 0 Å². The van der Waals surface area contributed by atoms with Crippen LogP contribution in [0.15, 0.2) is 0 Å². The quantitative estimate of drug-likeness (QED) is 0.571. The Morgan fingerprint density at radius 1 is 1.20 bits per heavy atom. The second-order valence-corrected chi connectivity index (χ2v) is 5.83. The summed E-state index contributed by atoms with van der Waals surface area (Å²) >= 11 is 0. The number of Topliss-reactive ketones (excluding diaryl/α,β-unsaturated/α-hetero) is 1. The fourth-order valence-electron chi connectivity index (χ4n) is 2.24. The molecule has 1 heterocycles. The van der Waals surface area contributed by atoms with Crippen molar-refractivity contribution >= 4 is 17.7 Å². The number of hydrogen-bond donors (Lipinski definition) is 0. The van der Waals surface area contributed by atoms with E-state index in [0.29, 0.717) is 19.4 Å². The SMILES string of the molecule is CCOC(=O)[C@H]1CCCCN1C(=O)C(=O)C(C)(C)CC. The predicted molar refractivity (Wildman–Crippen MR) is 75.1 cm³/mol. The van der Waals surface area contributed by atoms with Gasteiger partial charge in [0.2, 0.25) is 5.78 Å². The third kappa shape index (κ3) is 3.58. The molecule has 0 aromatic rings. The summed E-state index contributed by atoms with van der Waals surface area (Å²) in [5, 5.41) is 0. The molecule has 0 radical (unpaired) electrons. The molecule has 0 unspecified atom stereocenters. The molecule has 0 N–H and O–H groups in total. The standard InChI is InChI=1S/C15H25NO4/c1-5-15(3,4)12(17)13(18)16-10-8-7-9-11(16)14(19)20-6-2/h11H,5-10H2,1-4H3/t11-/m1/s1. The van der Waals surface area contributed by atoms with Crippen LogP contribution in [-0.4, -0.2) is 41.8 Å². The van der Waals surface area contributed by atoms with Crippen molar-refractivity contribution < 1.29 is 19.1 Å². The van der Waals surface area contributed by atoms with E-state index in [1.54, 1.807) is 20.8 Å². The normalized spacial score (nSPS) is 19.6. The van der Waals surface area contributed by atoms with E-state index < -0.39 is 29.1 Å². The summed E-state index contributed by atoms with van der Waals surface area (Å²) in [7, 11) is 0. The molecule has 1 aliphatic rings. The second kappa shape index (κ2) is 6.86. The van der Waals surface area contributed by atoms with Crippen LogP contribution >= 0.6 is 0 Å². The number of esters is 1. The largest absolute Gasteiger partial charge is 0.464 e. The average molecular weight is 283 g/mol. The fraction of sp³-hybridized carbons (Fsp3) is 0.800. The lowest BCUT2D eigenvalue weighted by Gasteiger charge is -2.35. The Morgan fingerprint density at radius 2 is 1.85 bits per heavy atom. The van der Waals surface area contributed by atoms with Gasteiger partial charge in [-0.3, -0.25) is 9.59 Å². The molecule has 114 valence electrons. The Bertz CT molecular complexity index is 389. The molecule has 0 spiro atoms. The van der Waals surface area contributed by atoms with Crippen molar-refractivity contribution in [1.29, 1.82) is 0 Å². The number of amides is 1. The van der Waals surface area contributed by atoms with E-state index >= 15 is 0 Å². The van der Waals surface area contributed by atoms with Crippen LogP contribution in [0.3, 0.4) is 0 Å². The van der Waals surface area contributed by atoms with E-state index in [0.717, 1.165) is 12.8 Å².